The Morgan fingerprint density at radius 3 is 2.27 bits per heavy atom. The van der Waals surface area contributed by atoms with Crippen LogP contribution in [0.2, 0.25) is 0 Å². The molecule has 0 aliphatic rings. The quantitative estimate of drug-likeness (QED) is 0.579. The number of ether oxygens (including phenoxy) is 2. The molecule has 6 nitrogen and oxygen atoms in total. The van der Waals surface area contributed by atoms with Gasteiger partial charge in [0.2, 0.25) is 0 Å². The Balaban J connectivity index is 1.66. The van der Waals surface area contributed by atoms with Crippen molar-refractivity contribution in [3.05, 3.63) is 59.9 Å². The lowest BCUT2D eigenvalue weighted by atomic mass is 10.1. The van der Waals surface area contributed by atoms with Crippen LogP contribution in [0.3, 0.4) is 0 Å². The molecule has 0 unspecified atom stereocenters. The number of halogens is 1. The number of rotatable bonds is 8. The molecule has 2 aromatic carbocycles. The van der Waals surface area contributed by atoms with Gasteiger partial charge in [-0.15, -0.1) is 0 Å². The first-order valence-electron chi connectivity index (χ1n) is 7.89. The van der Waals surface area contributed by atoms with Gasteiger partial charge in [0, 0.05) is 11.3 Å². The van der Waals surface area contributed by atoms with Crippen molar-refractivity contribution >= 4 is 23.3 Å². The van der Waals surface area contributed by atoms with Crippen molar-refractivity contribution in [3.63, 3.8) is 0 Å². The third-order valence-corrected chi connectivity index (χ3v) is 3.33. The summed E-state index contributed by atoms with van der Waals surface area (Å²) in [5, 5.41) is 2.48. The molecule has 7 heteroatoms. The van der Waals surface area contributed by atoms with Gasteiger partial charge in [0.25, 0.3) is 5.91 Å². The molecule has 0 aliphatic heterocycles. The van der Waals surface area contributed by atoms with E-state index in [2.05, 4.69) is 5.32 Å². The molecular formula is C19H18FNO5. The van der Waals surface area contributed by atoms with Crippen LogP contribution in [0.4, 0.5) is 10.1 Å². The van der Waals surface area contributed by atoms with Crippen LogP contribution in [-0.4, -0.2) is 30.9 Å². The highest BCUT2D eigenvalue weighted by Gasteiger charge is 2.09. The lowest BCUT2D eigenvalue weighted by Gasteiger charge is -2.08. The maximum Gasteiger partial charge on any atom is 0.309 e. The number of Topliss-reactive ketones (excluding diaryl/α,β-unsaturated/α-hetero) is 1. The lowest BCUT2D eigenvalue weighted by Crippen LogP contribution is -2.21. The molecule has 0 spiro atoms. The van der Waals surface area contributed by atoms with E-state index in [1.165, 1.54) is 31.2 Å². The third kappa shape index (κ3) is 6.35. The zero-order valence-electron chi connectivity index (χ0n) is 14.2. The summed E-state index contributed by atoms with van der Waals surface area (Å²) in [5.74, 6) is -1.04. The van der Waals surface area contributed by atoms with Crippen LogP contribution in [0.15, 0.2) is 48.5 Å². The molecule has 0 saturated carbocycles. The molecule has 0 radical (unpaired) electrons. The van der Waals surface area contributed by atoms with Gasteiger partial charge in [-0.2, -0.15) is 0 Å². The standard InChI is InChI=1S/C19H18FNO5/c1-13(22)14-2-8-17(9-3-14)25-11-10-19(24)26-12-18(23)21-16-6-4-15(20)5-7-16/h2-9H,10-12H2,1H3,(H,21,23). The molecule has 26 heavy (non-hydrogen) atoms. The van der Waals surface area contributed by atoms with Gasteiger partial charge in [0.15, 0.2) is 12.4 Å². The molecule has 136 valence electrons. The van der Waals surface area contributed by atoms with Crippen LogP contribution in [0.1, 0.15) is 23.7 Å². The van der Waals surface area contributed by atoms with E-state index in [0.717, 1.165) is 0 Å². The number of anilines is 1. The SMILES string of the molecule is CC(=O)c1ccc(OCCC(=O)OCC(=O)Nc2ccc(F)cc2)cc1. The summed E-state index contributed by atoms with van der Waals surface area (Å²) in [5.41, 5.74) is 0.980. The predicted octanol–water partition coefficient (Wildman–Crippen LogP) is 2.98. The molecule has 0 heterocycles. The topological polar surface area (TPSA) is 81.7 Å². The number of carbonyl (C=O) groups excluding carboxylic acids is 3. The molecule has 0 fully saturated rings. The minimum absolute atomic E-state index is 0.0295. The molecule has 0 bridgehead atoms. The van der Waals surface area contributed by atoms with E-state index in [9.17, 15) is 18.8 Å². The minimum atomic E-state index is -0.584. The second-order valence-corrected chi connectivity index (χ2v) is 5.39. The predicted molar refractivity (Wildman–Crippen MR) is 92.5 cm³/mol. The van der Waals surface area contributed by atoms with Crippen LogP contribution in [0.5, 0.6) is 5.75 Å². The summed E-state index contributed by atoms with van der Waals surface area (Å²) in [6.07, 6.45) is -0.0295. The molecule has 1 amide bonds. The highest BCUT2D eigenvalue weighted by atomic mass is 19.1. The fourth-order valence-electron chi connectivity index (χ4n) is 1.99. The average Bonchev–Trinajstić information content (AvgIpc) is 2.62. The monoisotopic (exact) mass is 359 g/mol. The second-order valence-electron chi connectivity index (χ2n) is 5.39. The summed E-state index contributed by atoms with van der Waals surface area (Å²) < 4.78 is 23.0. The molecule has 0 aromatic heterocycles. The fourth-order valence-corrected chi connectivity index (χ4v) is 1.99. The first-order valence-corrected chi connectivity index (χ1v) is 7.89. The maximum atomic E-state index is 12.8. The molecule has 0 atom stereocenters. The average molecular weight is 359 g/mol. The molecular weight excluding hydrogens is 341 g/mol. The minimum Gasteiger partial charge on any atom is -0.493 e. The first-order chi connectivity index (χ1) is 12.4. The molecule has 1 N–H and O–H groups in total. The van der Waals surface area contributed by atoms with Crippen molar-refractivity contribution in [2.45, 2.75) is 13.3 Å². The highest BCUT2D eigenvalue weighted by Crippen LogP contribution is 2.13. The normalized spacial score (nSPS) is 10.1. The third-order valence-electron chi connectivity index (χ3n) is 3.33. The number of hydrogen-bond acceptors (Lipinski definition) is 5. The zero-order valence-corrected chi connectivity index (χ0v) is 14.2. The van der Waals surface area contributed by atoms with Gasteiger partial charge >= 0.3 is 5.97 Å². The van der Waals surface area contributed by atoms with E-state index in [4.69, 9.17) is 9.47 Å². The van der Waals surface area contributed by atoms with Gasteiger partial charge in [0.05, 0.1) is 13.0 Å². The Kier molecular flexibility index (Phi) is 6.84. The van der Waals surface area contributed by atoms with Gasteiger partial charge < -0.3 is 14.8 Å². The van der Waals surface area contributed by atoms with E-state index in [0.29, 0.717) is 17.0 Å². The van der Waals surface area contributed by atoms with E-state index in [-0.39, 0.29) is 18.8 Å². The molecule has 0 saturated heterocycles. The van der Waals surface area contributed by atoms with Gasteiger partial charge in [-0.3, -0.25) is 14.4 Å². The van der Waals surface area contributed by atoms with E-state index in [1.54, 1.807) is 24.3 Å². The van der Waals surface area contributed by atoms with Crippen molar-refractivity contribution in [1.29, 1.82) is 0 Å². The number of ketones is 1. The van der Waals surface area contributed by atoms with Gasteiger partial charge in [-0.05, 0) is 55.5 Å². The number of hydrogen-bond donors (Lipinski definition) is 1. The fraction of sp³-hybridized carbons (Fsp3) is 0.211. The summed E-state index contributed by atoms with van der Waals surface area (Å²) in [6.45, 7) is 1.11. The Labute approximate surface area is 149 Å². The van der Waals surface area contributed by atoms with Crippen molar-refractivity contribution in [1.82, 2.24) is 0 Å². The summed E-state index contributed by atoms with van der Waals surface area (Å²) in [6, 6.07) is 11.8. The smallest absolute Gasteiger partial charge is 0.309 e. The Bertz CT molecular complexity index is 772. The number of carbonyl (C=O) groups is 3. The summed E-state index contributed by atoms with van der Waals surface area (Å²) >= 11 is 0. The van der Waals surface area contributed by atoms with E-state index >= 15 is 0 Å². The Hall–Kier alpha value is -3.22. The summed E-state index contributed by atoms with van der Waals surface area (Å²) in [4.78, 5) is 34.4. The van der Waals surface area contributed by atoms with Crippen molar-refractivity contribution in [2.75, 3.05) is 18.5 Å². The number of benzene rings is 2. The Morgan fingerprint density at radius 2 is 1.65 bits per heavy atom. The van der Waals surface area contributed by atoms with Crippen LogP contribution in [-0.2, 0) is 14.3 Å². The Morgan fingerprint density at radius 1 is 1.00 bits per heavy atom. The second kappa shape index (κ2) is 9.31. The number of nitrogens with one attached hydrogen (secondary N) is 1. The summed E-state index contributed by atoms with van der Waals surface area (Å²) in [7, 11) is 0. The number of amides is 1. The zero-order chi connectivity index (χ0) is 18.9. The van der Waals surface area contributed by atoms with Crippen molar-refractivity contribution in [2.24, 2.45) is 0 Å². The van der Waals surface area contributed by atoms with Crippen LogP contribution in [0, 0.1) is 5.82 Å². The molecule has 2 rings (SSSR count). The van der Waals surface area contributed by atoms with Gasteiger partial charge in [0.1, 0.15) is 11.6 Å². The van der Waals surface area contributed by atoms with Crippen LogP contribution >= 0.6 is 0 Å². The highest BCUT2D eigenvalue weighted by molar-refractivity contribution is 5.94. The van der Waals surface area contributed by atoms with E-state index in [1.807, 2.05) is 0 Å². The van der Waals surface area contributed by atoms with E-state index < -0.39 is 24.3 Å². The van der Waals surface area contributed by atoms with Gasteiger partial charge in [-0.25, -0.2) is 4.39 Å². The van der Waals surface area contributed by atoms with Crippen molar-refractivity contribution < 1.29 is 28.2 Å². The molecule has 0 aliphatic carbocycles. The van der Waals surface area contributed by atoms with Gasteiger partial charge in [-0.1, -0.05) is 0 Å². The maximum absolute atomic E-state index is 12.8. The van der Waals surface area contributed by atoms with Crippen molar-refractivity contribution in [3.8, 4) is 5.75 Å². The lowest BCUT2D eigenvalue weighted by molar-refractivity contribution is -0.147. The largest absolute Gasteiger partial charge is 0.493 e. The number of esters is 1. The molecule has 2 aromatic rings. The van der Waals surface area contributed by atoms with Crippen LogP contribution < -0.4 is 10.1 Å². The van der Waals surface area contributed by atoms with Crippen LogP contribution in [0.25, 0.3) is 0 Å². The first kappa shape index (κ1) is 19.1.